The predicted octanol–water partition coefficient (Wildman–Crippen LogP) is 4.36. The molecule has 2 fully saturated rings. The van der Waals surface area contributed by atoms with Crippen LogP contribution in [0.25, 0.3) is 0 Å². The summed E-state index contributed by atoms with van der Waals surface area (Å²) in [6.45, 7) is 0. The molecule has 0 spiro atoms. The van der Waals surface area contributed by atoms with Gasteiger partial charge in [0, 0.05) is 22.2 Å². The van der Waals surface area contributed by atoms with E-state index >= 15 is 0 Å². The van der Waals surface area contributed by atoms with Crippen LogP contribution in [-0.4, -0.2) is 12.1 Å². The molecule has 1 aromatic carbocycles. The number of fused-ring (bicyclic) bond motifs is 2. The van der Waals surface area contributed by atoms with Gasteiger partial charge in [0.2, 0.25) is 0 Å². The van der Waals surface area contributed by atoms with Crippen molar-refractivity contribution in [2.75, 3.05) is 4.90 Å². The van der Waals surface area contributed by atoms with E-state index in [4.69, 9.17) is 0 Å². The van der Waals surface area contributed by atoms with Gasteiger partial charge in [0.05, 0.1) is 0 Å². The molecule has 16 heavy (non-hydrogen) atoms. The van der Waals surface area contributed by atoms with Crippen molar-refractivity contribution < 1.29 is 0 Å². The van der Waals surface area contributed by atoms with Gasteiger partial charge in [-0.3, -0.25) is 0 Å². The molecule has 0 amide bonds. The zero-order chi connectivity index (χ0) is 11.0. The van der Waals surface area contributed by atoms with Crippen LogP contribution in [0, 0.1) is 0 Å². The molecule has 0 saturated carbocycles. The van der Waals surface area contributed by atoms with Crippen molar-refractivity contribution >= 4 is 21.6 Å². The third-order valence-electron chi connectivity index (χ3n) is 4.06. The van der Waals surface area contributed by atoms with E-state index in [1.54, 1.807) is 0 Å². The lowest BCUT2D eigenvalue weighted by molar-refractivity contribution is 0.296. The molecule has 0 aliphatic carbocycles. The lowest BCUT2D eigenvalue weighted by Crippen LogP contribution is -2.49. The van der Waals surface area contributed by atoms with Crippen molar-refractivity contribution in [1.29, 1.82) is 0 Å². The van der Waals surface area contributed by atoms with Gasteiger partial charge in [-0.25, -0.2) is 0 Å². The van der Waals surface area contributed by atoms with Crippen LogP contribution < -0.4 is 4.90 Å². The van der Waals surface area contributed by atoms with Crippen molar-refractivity contribution in [3.63, 3.8) is 0 Å². The van der Waals surface area contributed by atoms with E-state index < -0.39 is 0 Å². The van der Waals surface area contributed by atoms with Gasteiger partial charge in [0.25, 0.3) is 0 Å². The molecule has 1 aromatic rings. The number of hydrogen-bond donors (Lipinski definition) is 0. The molecule has 2 bridgehead atoms. The molecule has 2 heteroatoms. The van der Waals surface area contributed by atoms with Crippen LogP contribution in [0.15, 0.2) is 28.7 Å². The maximum absolute atomic E-state index is 3.51. The summed E-state index contributed by atoms with van der Waals surface area (Å²) in [6, 6.07) is 10.5. The molecule has 2 aliphatic rings. The normalized spacial score (nSPS) is 29.2. The second kappa shape index (κ2) is 4.40. The van der Waals surface area contributed by atoms with Crippen molar-refractivity contribution in [2.45, 2.75) is 50.6 Å². The molecular weight excluding hydrogens is 262 g/mol. The Morgan fingerprint density at radius 1 is 0.875 bits per heavy atom. The zero-order valence-corrected chi connectivity index (χ0v) is 11.1. The average molecular weight is 280 g/mol. The molecule has 1 nitrogen and oxygen atoms in total. The Hall–Kier alpha value is -0.500. The molecule has 2 saturated heterocycles. The number of anilines is 1. The van der Waals surface area contributed by atoms with Crippen molar-refractivity contribution in [2.24, 2.45) is 0 Å². The summed E-state index contributed by atoms with van der Waals surface area (Å²) in [6.07, 6.45) is 8.45. The first kappa shape index (κ1) is 10.6. The Bertz CT molecular complexity index is 338. The molecule has 2 aliphatic heterocycles. The Balaban J connectivity index is 1.89. The summed E-state index contributed by atoms with van der Waals surface area (Å²) in [4.78, 5) is 2.69. The average Bonchev–Trinajstić information content (AvgIpc) is 2.29. The summed E-state index contributed by atoms with van der Waals surface area (Å²) >= 11 is 3.51. The molecule has 2 heterocycles. The number of hydrogen-bond acceptors (Lipinski definition) is 1. The van der Waals surface area contributed by atoms with Gasteiger partial charge in [-0.1, -0.05) is 15.9 Å². The second-order valence-electron chi connectivity index (χ2n) is 5.05. The Morgan fingerprint density at radius 3 is 1.88 bits per heavy atom. The maximum atomic E-state index is 3.51. The minimum atomic E-state index is 0.814. The first-order chi connectivity index (χ1) is 7.84. The number of rotatable bonds is 1. The van der Waals surface area contributed by atoms with E-state index in [2.05, 4.69) is 45.1 Å². The third-order valence-corrected chi connectivity index (χ3v) is 4.59. The fourth-order valence-electron chi connectivity index (χ4n) is 3.36. The molecule has 0 unspecified atom stereocenters. The zero-order valence-electron chi connectivity index (χ0n) is 9.53. The van der Waals surface area contributed by atoms with Crippen LogP contribution in [0.4, 0.5) is 5.69 Å². The fourth-order valence-corrected chi connectivity index (χ4v) is 3.62. The smallest absolute Gasteiger partial charge is 0.0371 e. The van der Waals surface area contributed by atoms with E-state index in [1.165, 1.54) is 48.7 Å². The summed E-state index contributed by atoms with van der Waals surface area (Å²) in [5.74, 6) is 0. The summed E-state index contributed by atoms with van der Waals surface area (Å²) in [7, 11) is 0. The number of halogens is 1. The lowest BCUT2D eigenvalue weighted by Gasteiger charge is -2.47. The van der Waals surface area contributed by atoms with E-state index in [-0.39, 0.29) is 0 Å². The van der Waals surface area contributed by atoms with Crippen LogP contribution in [0.2, 0.25) is 0 Å². The van der Waals surface area contributed by atoms with Gasteiger partial charge >= 0.3 is 0 Å². The minimum Gasteiger partial charge on any atom is -0.366 e. The second-order valence-corrected chi connectivity index (χ2v) is 5.97. The Morgan fingerprint density at radius 2 is 1.38 bits per heavy atom. The number of benzene rings is 1. The minimum absolute atomic E-state index is 0.814. The third kappa shape index (κ3) is 1.88. The van der Waals surface area contributed by atoms with E-state index in [0.717, 1.165) is 12.1 Å². The molecule has 0 radical (unpaired) electrons. The first-order valence-electron chi connectivity index (χ1n) is 6.38. The van der Waals surface area contributed by atoms with Crippen LogP contribution in [0.1, 0.15) is 38.5 Å². The largest absolute Gasteiger partial charge is 0.366 e. The Labute approximate surface area is 106 Å². The van der Waals surface area contributed by atoms with Crippen LogP contribution in [0.3, 0.4) is 0 Å². The molecule has 3 rings (SSSR count). The van der Waals surface area contributed by atoms with Gasteiger partial charge in [-0.2, -0.15) is 0 Å². The fraction of sp³-hybridized carbons (Fsp3) is 0.571. The van der Waals surface area contributed by atoms with Crippen LogP contribution >= 0.6 is 15.9 Å². The summed E-state index contributed by atoms with van der Waals surface area (Å²) in [5, 5.41) is 0. The highest BCUT2D eigenvalue weighted by atomic mass is 79.9. The van der Waals surface area contributed by atoms with Gasteiger partial charge in [0.15, 0.2) is 0 Å². The van der Waals surface area contributed by atoms with E-state index in [0.29, 0.717) is 0 Å². The number of piperidine rings is 2. The highest BCUT2D eigenvalue weighted by Crippen LogP contribution is 2.37. The summed E-state index contributed by atoms with van der Waals surface area (Å²) in [5.41, 5.74) is 1.43. The van der Waals surface area contributed by atoms with Crippen molar-refractivity contribution in [1.82, 2.24) is 0 Å². The highest BCUT2D eigenvalue weighted by molar-refractivity contribution is 9.10. The quantitative estimate of drug-likeness (QED) is 0.738. The van der Waals surface area contributed by atoms with E-state index in [9.17, 15) is 0 Å². The monoisotopic (exact) mass is 279 g/mol. The predicted molar refractivity (Wildman–Crippen MR) is 71.9 cm³/mol. The standard InChI is InChI=1S/C14H18BrN/c15-11-7-9-14(10-8-11)16-12-3-1-4-13(16)6-2-5-12/h7-10,12-13H,1-6H2. The van der Waals surface area contributed by atoms with Gasteiger partial charge in [-0.15, -0.1) is 0 Å². The first-order valence-corrected chi connectivity index (χ1v) is 7.18. The molecule has 86 valence electrons. The van der Waals surface area contributed by atoms with Gasteiger partial charge in [0.1, 0.15) is 0 Å². The molecular formula is C14H18BrN. The Kier molecular flexibility index (Phi) is 2.93. The van der Waals surface area contributed by atoms with Crippen molar-refractivity contribution in [3.05, 3.63) is 28.7 Å². The molecule has 0 N–H and O–H groups in total. The van der Waals surface area contributed by atoms with Crippen molar-refractivity contribution in [3.8, 4) is 0 Å². The van der Waals surface area contributed by atoms with Crippen LogP contribution in [-0.2, 0) is 0 Å². The lowest BCUT2D eigenvalue weighted by atomic mass is 9.84. The molecule has 0 atom stereocenters. The maximum Gasteiger partial charge on any atom is 0.0371 e. The van der Waals surface area contributed by atoms with Crippen LogP contribution in [0.5, 0.6) is 0 Å². The highest BCUT2D eigenvalue weighted by Gasteiger charge is 2.33. The van der Waals surface area contributed by atoms with Gasteiger partial charge < -0.3 is 4.90 Å². The number of nitrogens with zero attached hydrogens (tertiary/aromatic N) is 1. The van der Waals surface area contributed by atoms with Gasteiger partial charge in [-0.05, 0) is 62.8 Å². The summed E-state index contributed by atoms with van der Waals surface area (Å²) < 4.78 is 1.18. The SMILES string of the molecule is Brc1ccc(N2C3CCCC2CCC3)cc1. The topological polar surface area (TPSA) is 3.24 Å². The van der Waals surface area contributed by atoms with E-state index in [1.807, 2.05) is 0 Å². The molecule has 0 aromatic heterocycles.